The lowest BCUT2D eigenvalue weighted by atomic mass is 10.4. The Morgan fingerprint density at radius 3 is 3.09 bits per heavy atom. The minimum atomic E-state index is 0.0288. The zero-order chi connectivity index (χ0) is 8.27. The summed E-state index contributed by atoms with van der Waals surface area (Å²) >= 11 is 3.08. The van der Waals surface area contributed by atoms with Crippen LogP contribution in [-0.2, 0) is 0 Å². The molecule has 1 aromatic heterocycles. The van der Waals surface area contributed by atoms with E-state index >= 15 is 0 Å². The highest BCUT2D eigenvalue weighted by atomic mass is 32.2. The van der Waals surface area contributed by atoms with Crippen LogP contribution in [0, 0.1) is 5.41 Å². The van der Waals surface area contributed by atoms with E-state index in [-0.39, 0.29) is 11.1 Å². The van der Waals surface area contributed by atoms with Crippen LogP contribution in [0.3, 0.4) is 0 Å². The summed E-state index contributed by atoms with van der Waals surface area (Å²) in [5.74, 6) is 0.199. The van der Waals surface area contributed by atoms with E-state index < -0.39 is 0 Å². The van der Waals surface area contributed by atoms with Crippen LogP contribution in [0.25, 0.3) is 0 Å². The quantitative estimate of drug-likeness (QED) is 0.429. The first-order chi connectivity index (χ1) is 5.20. The van der Waals surface area contributed by atoms with Crippen LogP contribution >= 0.6 is 23.1 Å². The molecule has 0 radical (unpaired) electrons. The first-order valence-corrected chi connectivity index (χ1v) is 4.86. The molecule has 0 spiro atoms. The maximum Gasteiger partial charge on any atom is 0.150 e. The van der Waals surface area contributed by atoms with Crippen LogP contribution in [0.1, 0.15) is 6.92 Å². The van der Waals surface area contributed by atoms with Crippen molar-refractivity contribution in [2.75, 3.05) is 0 Å². The van der Waals surface area contributed by atoms with Crippen molar-refractivity contribution in [3.8, 4) is 0 Å². The van der Waals surface area contributed by atoms with Crippen molar-refractivity contribution in [1.29, 1.82) is 5.41 Å². The second-order valence-corrected chi connectivity index (χ2v) is 4.50. The highest BCUT2D eigenvalue weighted by Crippen LogP contribution is 2.24. The van der Waals surface area contributed by atoms with Gasteiger partial charge in [0.05, 0.1) is 5.25 Å². The molecular formula is C6H9N3S2. The molecule has 0 aliphatic heterocycles. The van der Waals surface area contributed by atoms with Crippen LogP contribution < -0.4 is 5.73 Å². The lowest BCUT2D eigenvalue weighted by Gasteiger charge is -2.04. The number of hydrogen-bond donors (Lipinski definition) is 2. The number of aromatic nitrogens is 1. The number of nitrogens with zero attached hydrogens (tertiary/aromatic N) is 1. The molecule has 5 heteroatoms. The molecule has 1 heterocycles. The molecule has 0 bridgehead atoms. The van der Waals surface area contributed by atoms with E-state index in [1.165, 1.54) is 11.8 Å². The van der Waals surface area contributed by atoms with E-state index in [0.717, 1.165) is 4.34 Å². The highest BCUT2D eigenvalue weighted by Gasteiger charge is 2.07. The molecule has 1 unspecified atom stereocenters. The maximum atomic E-state index is 7.14. The zero-order valence-electron chi connectivity index (χ0n) is 6.07. The molecular weight excluding hydrogens is 178 g/mol. The molecule has 0 amide bonds. The second kappa shape index (κ2) is 3.73. The molecule has 1 aromatic rings. The smallest absolute Gasteiger partial charge is 0.150 e. The van der Waals surface area contributed by atoms with Gasteiger partial charge in [-0.2, -0.15) is 0 Å². The van der Waals surface area contributed by atoms with E-state index in [9.17, 15) is 0 Å². The normalized spacial score (nSPS) is 12.8. The summed E-state index contributed by atoms with van der Waals surface area (Å²) in [6, 6.07) is 0. The van der Waals surface area contributed by atoms with Crippen molar-refractivity contribution in [2.45, 2.75) is 16.5 Å². The van der Waals surface area contributed by atoms with Gasteiger partial charge in [-0.15, -0.1) is 11.3 Å². The van der Waals surface area contributed by atoms with Crippen LogP contribution in [0.2, 0.25) is 0 Å². The van der Waals surface area contributed by atoms with Gasteiger partial charge in [0.25, 0.3) is 0 Å². The number of hydrogen-bond acceptors (Lipinski definition) is 4. The third-order valence-electron chi connectivity index (χ3n) is 1.13. The fourth-order valence-corrected chi connectivity index (χ4v) is 2.22. The van der Waals surface area contributed by atoms with Crippen molar-refractivity contribution in [2.24, 2.45) is 5.73 Å². The molecule has 0 fully saturated rings. The van der Waals surface area contributed by atoms with Gasteiger partial charge >= 0.3 is 0 Å². The van der Waals surface area contributed by atoms with Gasteiger partial charge in [0.1, 0.15) is 10.2 Å². The number of thiazole rings is 1. The first-order valence-electron chi connectivity index (χ1n) is 3.10. The Morgan fingerprint density at radius 2 is 2.64 bits per heavy atom. The van der Waals surface area contributed by atoms with E-state index in [4.69, 9.17) is 11.1 Å². The predicted molar refractivity (Wildman–Crippen MR) is 49.3 cm³/mol. The zero-order valence-corrected chi connectivity index (χ0v) is 7.71. The molecule has 3 nitrogen and oxygen atoms in total. The topological polar surface area (TPSA) is 62.8 Å². The van der Waals surface area contributed by atoms with Crippen LogP contribution in [0.15, 0.2) is 15.9 Å². The molecule has 0 saturated heterocycles. The number of amidine groups is 1. The van der Waals surface area contributed by atoms with Gasteiger partial charge in [0.2, 0.25) is 0 Å². The molecule has 0 aliphatic rings. The van der Waals surface area contributed by atoms with E-state index in [1.54, 1.807) is 17.5 Å². The SMILES string of the molecule is CC(Sc1nccs1)C(=N)N. The van der Waals surface area contributed by atoms with Gasteiger partial charge in [0.15, 0.2) is 0 Å². The summed E-state index contributed by atoms with van der Waals surface area (Å²) in [6.45, 7) is 1.90. The van der Waals surface area contributed by atoms with Crippen molar-refractivity contribution in [3.63, 3.8) is 0 Å². The van der Waals surface area contributed by atoms with Crippen LogP contribution in [0.4, 0.5) is 0 Å². The summed E-state index contributed by atoms with van der Waals surface area (Å²) < 4.78 is 0.965. The average Bonchev–Trinajstić information content (AvgIpc) is 2.39. The Hall–Kier alpha value is -0.550. The van der Waals surface area contributed by atoms with Gasteiger partial charge in [-0.3, -0.25) is 5.41 Å². The molecule has 0 saturated carbocycles. The number of nitrogens with one attached hydrogen (secondary N) is 1. The minimum Gasteiger partial charge on any atom is -0.387 e. The van der Waals surface area contributed by atoms with Gasteiger partial charge in [-0.25, -0.2) is 4.98 Å². The second-order valence-electron chi connectivity index (χ2n) is 2.01. The van der Waals surface area contributed by atoms with Crippen molar-refractivity contribution < 1.29 is 0 Å². The highest BCUT2D eigenvalue weighted by molar-refractivity contribution is 8.02. The largest absolute Gasteiger partial charge is 0.387 e. The van der Waals surface area contributed by atoms with Crippen LogP contribution in [0.5, 0.6) is 0 Å². The first kappa shape index (κ1) is 8.55. The molecule has 60 valence electrons. The van der Waals surface area contributed by atoms with Gasteiger partial charge in [-0.05, 0) is 6.92 Å². The number of thioether (sulfide) groups is 1. The molecule has 1 rings (SSSR count). The monoisotopic (exact) mass is 187 g/mol. The number of rotatable bonds is 3. The minimum absolute atomic E-state index is 0.0288. The molecule has 11 heavy (non-hydrogen) atoms. The molecule has 0 aromatic carbocycles. The summed E-state index contributed by atoms with van der Waals surface area (Å²) in [7, 11) is 0. The Bertz CT molecular complexity index is 232. The molecule has 0 aliphatic carbocycles. The van der Waals surface area contributed by atoms with E-state index in [2.05, 4.69) is 4.98 Å². The number of nitrogens with two attached hydrogens (primary N) is 1. The fraction of sp³-hybridized carbons (Fsp3) is 0.333. The summed E-state index contributed by atoms with van der Waals surface area (Å²) in [6.07, 6.45) is 1.75. The summed E-state index contributed by atoms with van der Waals surface area (Å²) in [4.78, 5) is 4.07. The lowest BCUT2D eigenvalue weighted by Crippen LogP contribution is -2.21. The third-order valence-corrected chi connectivity index (χ3v) is 3.18. The van der Waals surface area contributed by atoms with Crippen molar-refractivity contribution >= 4 is 28.9 Å². The Balaban J connectivity index is 2.50. The van der Waals surface area contributed by atoms with Crippen molar-refractivity contribution in [3.05, 3.63) is 11.6 Å². The molecule has 1 atom stereocenters. The standard InChI is InChI=1S/C6H9N3S2/c1-4(5(7)8)11-6-9-2-3-10-6/h2-4H,1H3,(H3,7,8). The van der Waals surface area contributed by atoms with E-state index in [1.807, 2.05) is 12.3 Å². The van der Waals surface area contributed by atoms with Gasteiger partial charge < -0.3 is 5.73 Å². The third kappa shape index (κ3) is 2.51. The van der Waals surface area contributed by atoms with E-state index in [0.29, 0.717) is 0 Å². The Kier molecular flexibility index (Phi) is 2.90. The van der Waals surface area contributed by atoms with Gasteiger partial charge in [-0.1, -0.05) is 11.8 Å². The van der Waals surface area contributed by atoms with Crippen molar-refractivity contribution in [1.82, 2.24) is 4.98 Å². The summed E-state index contributed by atoms with van der Waals surface area (Å²) in [5.41, 5.74) is 5.29. The van der Waals surface area contributed by atoms with Crippen LogP contribution in [-0.4, -0.2) is 16.1 Å². The van der Waals surface area contributed by atoms with Gasteiger partial charge in [0, 0.05) is 11.6 Å². The Morgan fingerprint density at radius 1 is 1.91 bits per heavy atom. The average molecular weight is 187 g/mol. The lowest BCUT2D eigenvalue weighted by molar-refractivity contribution is 1.19. The maximum absolute atomic E-state index is 7.14. The Labute approximate surface area is 73.5 Å². The fourth-order valence-electron chi connectivity index (χ4n) is 0.483. The predicted octanol–water partition coefficient (Wildman–Crippen LogP) is 1.56. The summed E-state index contributed by atoms with van der Waals surface area (Å²) in [5, 5.41) is 9.08. The molecule has 3 N–H and O–H groups in total.